The van der Waals surface area contributed by atoms with Gasteiger partial charge >= 0.3 is 0 Å². The van der Waals surface area contributed by atoms with Crippen molar-refractivity contribution in [2.75, 3.05) is 26.2 Å². The van der Waals surface area contributed by atoms with Crippen LogP contribution >= 0.6 is 35.6 Å². The summed E-state index contributed by atoms with van der Waals surface area (Å²) in [6, 6.07) is 5.15. The van der Waals surface area contributed by atoms with E-state index in [-0.39, 0.29) is 18.3 Å². The molecule has 0 aromatic heterocycles. The van der Waals surface area contributed by atoms with Crippen molar-refractivity contribution < 1.29 is 4.79 Å². The molecule has 18 heavy (non-hydrogen) atoms. The van der Waals surface area contributed by atoms with Crippen LogP contribution in [0.5, 0.6) is 0 Å². The normalized spacial score (nSPS) is 15.8. The van der Waals surface area contributed by atoms with E-state index < -0.39 is 0 Å². The van der Waals surface area contributed by atoms with Crippen molar-refractivity contribution in [3.63, 3.8) is 0 Å². The molecule has 1 amide bonds. The number of hydrogen-bond donors (Lipinski definition) is 1. The number of nitrogens with zero attached hydrogens (tertiary/aromatic N) is 1. The number of rotatable bonds is 1. The van der Waals surface area contributed by atoms with Crippen LogP contribution in [0, 0.1) is 0 Å². The first-order valence-corrected chi connectivity index (χ1v) is 6.40. The molecule has 6 heteroatoms. The van der Waals surface area contributed by atoms with E-state index in [1.807, 2.05) is 4.90 Å². The molecule has 1 heterocycles. The second kappa shape index (κ2) is 7.19. The summed E-state index contributed by atoms with van der Waals surface area (Å²) in [6.07, 6.45) is 0.962. The highest BCUT2D eigenvalue weighted by molar-refractivity contribution is 6.43. The summed E-state index contributed by atoms with van der Waals surface area (Å²) in [7, 11) is 0. The molecule has 1 saturated heterocycles. The number of carbonyl (C=O) groups excluding carboxylic acids is 1. The molecule has 1 aliphatic heterocycles. The predicted octanol–water partition coefficient (Wildman–Crippen LogP) is 2.85. The van der Waals surface area contributed by atoms with Crippen LogP contribution in [-0.4, -0.2) is 37.0 Å². The molecule has 0 aliphatic carbocycles. The van der Waals surface area contributed by atoms with E-state index in [0.29, 0.717) is 22.2 Å². The molecule has 0 bridgehead atoms. The van der Waals surface area contributed by atoms with Gasteiger partial charge in [0.05, 0.1) is 15.6 Å². The summed E-state index contributed by atoms with van der Waals surface area (Å²) in [4.78, 5) is 14.1. The summed E-state index contributed by atoms with van der Waals surface area (Å²) in [5, 5.41) is 4.02. The van der Waals surface area contributed by atoms with Crippen LogP contribution in [0.2, 0.25) is 10.0 Å². The van der Waals surface area contributed by atoms with Crippen molar-refractivity contribution in [3.8, 4) is 0 Å². The molecule has 0 radical (unpaired) electrons. The van der Waals surface area contributed by atoms with Gasteiger partial charge in [0.2, 0.25) is 0 Å². The topological polar surface area (TPSA) is 32.3 Å². The lowest BCUT2D eigenvalue weighted by atomic mass is 10.2. The van der Waals surface area contributed by atoms with Gasteiger partial charge in [-0.3, -0.25) is 4.79 Å². The van der Waals surface area contributed by atoms with E-state index in [9.17, 15) is 4.79 Å². The molecule has 0 spiro atoms. The summed E-state index contributed by atoms with van der Waals surface area (Å²) >= 11 is 12.0. The quantitative estimate of drug-likeness (QED) is 0.865. The first-order valence-electron chi connectivity index (χ1n) is 5.64. The molecular formula is C12H15Cl3N2O. The summed E-state index contributed by atoms with van der Waals surface area (Å²) in [5.41, 5.74) is 0.487. The largest absolute Gasteiger partial charge is 0.337 e. The first kappa shape index (κ1) is 15.6. The van der Waals surface area contributed by atoms with Gasteiger partial charge < -0.3 is 10.2 Å². The Hall–Kier alpha value is -0.480. The fraction of sp³-hybridized carbons (Fsp3) is 0.417. The first-order chi connectivity index (χ1) is 8.20. The number of nitrogens with one attached hydrogen (secondary N) is 1. The van der Waals surface area contributed by atoms with Crippen molar-refractivity contribution in [2.45, 2.75) is 6.42 Å². The van der Waals surface area contributed by atoms with E-state index in [1.54, 1.807) is 18.2 Å². The van der Waals surface area contributed by atoms with Crippen molar-refractivity contribution >= 4 is 41.5 Å². The Kier molecular flexibility index (Phi) is 6.22. The maximum atomic E-state index is 12.3. The van der Waals surface area contributed by atoms with Gasteiger partial charge in [-0.15, -0.1) is 12.4 Å². The molecule has 0 unspecified atom stereocenters. The number of carbonyl (C=O) groups is 1. The Labute approximate surface area is 123 Å². The average molecular weight is 310 g/mol. The highest BCUT2D eigenvalue weighted by Gasteiger charge is 2.20. The van der Waals surface area contributed by atoms with Gasteiger partial charge in [0.15, 0.2) is 0 Å². The number of hydrogen-bond acceptors (Lipinski definition) is 2. The standard InChI is InChI=1S/C12H14Cl2N2O.ClH/c13-10-4-1-3-9(11(10)14)12(17)16-7-2-5-15-6-8-16;/h1,3-4,15H,2,5-8H2;1H. The third kappa shape index (κ3) is 3.51. The van der Waals surface area contributed by atoms with E-state index in [0.717, 1.165) is 26.1 Å². The van der Waals surface area contributed by atoms with Crippen molar-refractivity contribution in [2.24, 2.45) is 0 Å². The summed E-state index contributed by atoms with van der Waals surface area (Å²) in [6.45, 7) is 3.24. The zero-order valence-electron chi connectivity index (χ0n) is 9.79. The van der Waals surface area contributed by atoms with Gasteiger partial charge in [0.25, 0.3) is 5.91 Å². The number of benzene rings is 1. The Morgan fingerprint density at radius 3 is 2.78 bits per heavy atom. The minimum Gasteiger partial charge on any atom is -0.337 e. The fourth-order valence-electron chi connectivity index (χ4n) is 1.89. The Morgan fingerprint density at radius 2 is 2.00 bits per heavy atom. The van der Waals surface area contributed by atoms with Gasteiger partial charge in [0, 0.05) is 19.6 Å². The van der Waals surface area contributed by atoms with E-state index in [2.05, 4.69) is 5.32 Å². The van der Waals surface area contributed by atoms with Gasteiger partial charge in [-0.25, -0.2) is 0 Å². The highest BCUT2D eigenvalue weighted by atomic mass is 35.5. The summed E-state index contributed by atoms with van der Waals surface area (Å²) in [5.74, 6) is -0.0406. The third-order valence-corrected chi connectivity index (χ3v) is 3.63. The van der Waals surface area contributed by atoms with Crippen LogP contribution in [0.3, 0.4) is 0 Å². The smallest absolute Gasteiger partial charge is 0.255 e. The van der Waals surface area contributed by atoms with Gasteiger partial charge in [0.1, 0.15) is 0 Å². The molecule has 1 aliphatic rings. The van der Waals surface area contributed by atoms with Crippen LogP contribution in [-0.2, 0) is 0 Å². The SMILES string of the molecule is Cl.O=C(c1cccc(Cl)c1Cl)N1CCCNCC1. The lowest BCUT2D eigenvalue weighted by Crippen LogP contribution is -2.34. The molecular weight excluding hydrogens is 295 g/mol. The maximum Gasteiger partial charge on any atom is 0.255 e. The third-order valence-electron chi connectivity index (χ3n) is 2.81. The molecule has 1 N–H and O–H groups in total. The van der Waals surface area contributed by atoms with Crippen molar-refractivity contribution in [3.05, 3.63) is 33.8 Å². The summed E-state index contributed by atoms with van der Waals surface area (Å²) < 4.78 is 0. The zero-order chi connectivity index (χ0) is 12.3. The molecule has 3 nitrogen and oxygen atoms in total. The molecule has 0 saturated carbocycles. The second-order valence-electron chi connectivity index (χ2n) is 4.00. The zero-order valence-corrected chi connectivity index (χ0v) is 12.1. The molecule has 1 fully saturated rings. The molecule has 1 aromatic rings. The van der Waals surface area contributed by atoms with Crippen LogP contribution in [0.4, 0.5) is 0 Å². The van der Waals surface area contributed by atoms with Crippen LogP contribution in [0.15, 0.2) is 18.2 Å². The molecule has 1 aromatic carbocycles. The Bertz CT molecular complexity index is 418. The van der Waals surface area contributed by atoms with Gasteiger partial charge in [-0.2, -0.15) is 0 Å². The van der Waals surface area contributed by atoms with Gasteiger partial charge in [-0.05, 0) is 25.1 Å². The van der Waals surface area contributed by atoms with E-state index in [1.165, 1.54) is 0 Å². The lowest BCUT2D eigenvalue weighted by Gasteiger charge is -2.20. The van der Waals surface area contributed by atoms with Crippen LogP contribution in [0.25, 0.3) is 0 Å². The van der Waals surface area contributed by atoms with Crippen molar-refractivity contribution in [1.29, 1.82) is 0 Å². The maximum absolute atomic E-state index is 12.3. The Balaban J connectivity index is 0.00000162. The van der Waals surface area contributed by atoms with E-state index in [4.69, 9.17) is 23.2 Å². The fourth-order valence-corrected chi connectivity index (χ4v) is 2.27. The molecule has 0 atom stereocenters. The van der Waals surface area contributed by atoms with Crippen LogP contribution < -0.4 is 5.32 Å². The second-order valence-corrected chi connectivity index (χ2v) is 4.78. The number of halogens is 3. The molecule has 100 valence electrons. The van der Waals surface area contributed by atoms with E-state index >= 15 is 0 Å². The molecule has 2 rings (SSSR count). The minimum atomic E-state index is -0.0406. The predicted molar refractivity (Wildman–Crippen MR) is 77.1 cm³/mol. The van der Waals surface area contributed by atoms with Gasteiger partial charge in [-0.1, -0.05) is 29.3 Å². The van der Waals surface area contributed by atoms with Crippen LogP contribution in [0.1, 0.15) is 16.8 Å². The monoisotopic (exact) mass is 308 g/mol. The average Bonchev–Trinajstić information content (AvgIpc) is 2.60. The lowest BCUT2D eigenvalue weighted by molar-refractivity contribution is 0.0766. The van der Waals surface area contributed by atoms with Crippen molar-refractivity contribution in [1.82, 2.24) is 10.2 Å². The Morgan fingerprint density at radius 1 is 1.22 bits per heavy atom. The number of amides is 1. The highest BCUT2D eigenvalue weighted by Crippen LogP contribution is 2.26. The minimum absolute atomic E-state index is 0.